The first-order valence-electron chi connectivity index (χ1n) is 8.21. The predicted octanol–water partition coefficient (Wildman–Crippen LogP) is 3.16. The van der Waals surface area contributed by atoms with Crippen LogP contribution in [0.5, 0.6) is 0 Å². The number of pyridine rings is 1. The number of nitrogens with zero attached hydrogens (tertiary/aromatic N) is 4. The third-order valence-corrected chi connectivity index (χ3v) is 6.02. The monoisotopic (exact) mass is 370 g/mol. The number of piperazine rings is 1. The molecule has 4 rings (SSSR count). The van der Waals surface area contributed by atoms with Crippen molar-refractivity contribution in [3.63, 3.8) is 0 Å². The van der Waals surface area contributed by atoms with E-state index in [1.54, 1.807) is 22.7 Å². The molecule has 0 aromatic carbocycles. The van der Waals surface area contributed by atoms with Crippen LogP contribution in [0.3, 0.4) is 0 Å². The van der Waals surface area contributed by atoms with Gasteiger partial charge in [0.05, 0.1) is 22.5 Å². The summed E-state index contributed by atoms with van der Waals surface area (Å²) in [6.45, 7) is 3.12. The Bertz CT molecular complexity index is 824. The molecule has 0 saturated carbocycles. The minimum atomic E-state index is 0.183. The highest BCUT2D eigenvalue weighted by molar-refractivity contribution is 7.14. The number of hydrogen-bond acceptors (Lipinski definition) is 6. The molecule has 3 aromatic rings. The van der Waals surface area contributed by atoms with Gasteiger partial charge in [-0.15, -0.1) is 22.7 Å². The molecule has 1 aliphatic rings. The Labute approximate surface area is 154 Å². The fourth-order valence-electron chi connectivity index (χ4n) is 2.99. The molecular weight excluding hydrogens is 352 g/mol. The summed E-state index contributed by atoms with van der Waals surface area (Å²) in [6, 6.07) is 10.0. The molecule has 1 aliphatic heterocycles. The lowest BCUT2D eigenvalue weighted by Crippen LogP contribution is -2.49. The van der Waals surface area contributed by atoms with Crippen molar-refractivity contribution in [1.82, 2.24) is 14.9 Å². The normalized spacial score (nSPS) is 14.7. The van der Waals surface area contributed by atoms with Crippen LogP contribution in [0.2, 0.25) is 0 Å². The number of carbonyl (C=O) groups is 1. The number of carbonyl (C=O) groups excluding carboxylic acids is 1. The van der Waals surface area contributed by atoms with Crippen molar-refractivity contribution in [2.24, 2.45) is 0 Å². The van der Waals surface area contributed by atoms with Crippen LogP contribution >= 0.6 is 22.7 Å². The third-order valence-electron chi connectivity index (χ3n) is 4.31. The van der Waals surface area contributed by atoms with Crippen LogP contribution < -0.4 is 4.90 Å². The van der Waals surface area contributed by atoms with E-state index >= 15 is 0 Å². The second-order valence-corrected chi connectivity index (χ2v) is 7.72. The number of anilines is 1. The van der Waals surface area contributed by atoms with Gasteiger partial charge < -0.3 is 9.80 Å². The lowest BCUT2D eigenvalue weighted by molar-refractivity contribution is -0.130. The molecule has 5 nitrogen and oxygen atoms in total. The Morgan fingerprint density at radius 3 is 2.64 bits per heavy atom. The van der Waals surface area contributed by atoms with Gasteiger partial charge in [0, 0.05) is 37.3 Å². The minimum Gasteiger partial charge on any atom is -0.353 e. The second-order valence-electron chi connectivity index (χ2n) is 5.83. The van der Waals surface area contributed by atoms with Gasteiger partial charge in [-0.1, -0.05) is 12.1 Å². The average molecular weight is 371 g/mol. The summed E-state index contributed by atoms with van der Waals surface area (Å²) in [5, 5.41) is 2.04. The van der Waals surface area contributed by atoms with E-state index < -0.39 is 0 Å². The summed E-state index contributed by atoms with van der Waals surface area (Å²) in [5.41, 5.74) is 2.79. The Morgan fingerprint density at radius 1 is 1.04 bits per heavy atom. The highest BCUT2D eigenvalue weighted by atomic mass is 32.1. The van der Waals surface area contributed by atoms with Crippen LogP contribution in [0.1, 0.15) is 4.88 Å². The van der Waals surface area contributed by atoms with Gasteiger partial charge in [0.2, 0.25) is 5.91 Å². The van der Waals surface area contributed by atoms with Crippen molar-refractivity contribution in [2.45, 2.75) is 6.42 Å². The van der Waals surface area contributed by atoms with Gasteiger partial charge >= 0.3 is 0 Å². The molecule has 0 bridgehead atoms. The van der Waals surface area contributed by atoms with Crippen LogP contribution in [0.4, 0.5) is 5.82 Å². The maximum atomic E-state index is 12.7. The molecule has 0 N–H and O–H groups in total. The van der Waals surface area contributed by atoms with Crippen molar-refractivity contribution in [3.05, 3.63) is 52.3 Å². The number of thiazole rings is 1. The zero-order chi connectivity index (χ0) is 17.1. The lowest BCUT2D eigenvalue weighted by atomic mass is 10.2. The number of rotatable bonds is 4. The van der Waals surface area contributed by atoms with E-state index in [9.17, 15) is 4.79 Å². The van der Waals surface area contributed by atoms with Crippen molar-refractivity contribution in [1.29, 1.82) is 0 Å². The molecule has 0 atom stereocenters. The van der Waals surface area contributed by atoms with Crippen LogP contribution in [-0.4, -0.2) is 47.0 Å². The smallest absolute Gasteiger partial charge is 0.228 e. The summed E-state index contributed by atoms with van der Waals surface area (Å²) in [5.74, 6) is 1.17. The third kappa shape index (κ3) is 3.57. The van der Waals surface area contributed by atoms with Crippen LogP contribution in [0.25, 0.3) is 10.6 Å². The Morgan fingerprint density at radius 2 is 1.92 bits per heavy atom. The van der Waals surface area contributed by atoms with Crippen molar-refractivity contribution in [2.75, 3.05) is 31.1 Å². The van der Waals surface area contributed by atoms with Crippen LogP contribution in [-0.2, 0) is 11.2 Å². The van der Waals surface area contributed by atoms with E-state index in [2.05, 4.69) is 20.9 Å². The van der Waals surface area contributed by atoms with Gasteiger partial charge in [0.1, 0.15) is 5.82 Å². The summed E-state index contributed by atoms with van der Waals surface area (Å²) in [7, 11) is 0. The van der Waals surface area contributed by atoms with E-state index in [0.29, 0.717) is 6.42 Å². The molecule has 1 fully saturated rings. The lowest BCUT2D eigenvalue weighted by Gasteiger charge is -2.35. The number of thiophene rings is 1. The molecular formula is C18H18N4OS2. The topological polar surface area (TPSA) is 49.3 Å². The summed E-state index contributed by atoms with van der Waals surface area (Å²) in [4.78, 5) is 27.9. The Balaban J connectivity index is 1.38. The van der Waals surface area contributed by atoms with Gasteiger partial charge in [-0.25, -0.2) is 9.97 Å². The molecule has 1 amide bonds. The standard InChI is InChI=1S/C18H18N4OS2/c23-17(12-15-18(20-13-25-15)14-4-3-11-24-14)22-9-7-21(8-10-22)16-5-1-2-6-19-16/h1-6,11,13H,7-10,12H2. The first kappa shape index (κ1) is 16.2. The molecule has 0 unspecified atom stereocenters. The summed E-state index contributed by atoms with van der Waals surface area (Å²) in [6.07, 6.45) is 2.24. The van der Waals surface area contributed by atoms with Crippen molar-refractivity contribution in [3.8, 4) is 10.6 Å². The second kappa shape index (κ2) is 7.33. The highest BCUT2D eigenvalue weighted by Crippen LogP contribution is 2.29. The summed E-state index contributed by atoms with van der Waals surface area (Å²) < 4.78 is 0. The van der Waals surface area contributed by atoms with Gasteiger partial charge in [0.25, 0.3) is 0 Å². The molecule has 7 heteroatoms. The van der Waals surface area contributed by atoms with E-state index in [0.717, 1.165) is 47.4 Å². The maximum absolute atomic E-state index is 12.7. The molecule has 0 radical (unpaired) electrons. The van der Waals surface area contributed by atoms with E-state index in [4.69, 9.17) is 0 Å². The van der Waals surface area contributed by atoms with Gasteiger partial charge in [-0.3, -0.25) is 4.79 Å². The van der Waals surface area contributed by atoms with E-state index in [-0.39, 0.29) is 5.91 Å². The minimum absolute atomic E-state index is 0.183. The molecule has 0 aliphatic carbocycles. The number of aromatic nitrogens is 2. The molecule has 25 heavy (non-hydrogen) atoms. The average Bonchev–Trinajstić information content (AvgIpc) is 3.34. The zero-order valence-corrected chi connectivity index (χ0v) is 15.3. The van der Waals surface area contributed by atoms with Crippen LogP contribution in [0.15, 0.2) is 47.4 Å². The Hall–Kier alpha value is -2.25. The van der Waals surface area contributed by atoms with Gasteiger partial charge in [-0.2, -0.15) is 0 Å². The highest BCUT2D eigenvalue weighted by Gasteiger charge is 2.23. The summed E-state index contributed by atoms with van der Waals surface area (Å²) >= 11 is 3.23. The van der Waals surface area contributed by atoms with Crippen molar-refractivity contribution >= 4 is 34.4 Å². The van der Waals surface area contributed by atoms with Crippen molar-refractivity contribution < 1.29 is 4.79 Å². The first-order valence-corrected chi connectivity index (χ1v) is 9.97. The zero-order valence-electron chi connectivity index (χ0n) is 13.7. The quantitative estimate of drug-likeness (QED) is 0.708. The fourth-order valence-corrected chi connectivity index (χ4v) is 4.56. The molecule has 1 saturated heterocycles. The van der Waals surface area contributed by atoms with Gasteiger partial charge in [0.15, 0.2) is 0 Å². The van der Waals surface area contributed by atoms with E-state index in [1.807, 2.05) is 46.3 Å². The largest absolute Gasteiger partial charge is 0.353 e. The van der Waals surface area contributed by atoms with Gasteiger partial charge in [-0.05, 0) is 23.6 Å². The molecule has 128 valence electrons. The first-order chi connectivity index (χ1) is 12.3. The predicted molar refractivity (Wildman–Crippen MR) is 102 cm³/mol. The number of amides is 1. The number of hydrogen-bond donors (Lipinski definition) is 0. The SMILES string of the molecule is O=C(Cc1scnc1-c1cccs1)N1CCN(c2ccccn2)CC1. The Kier molecular flexibility index (Phi) is 4.76. The molecule has 3 aromatic heterocycles. The maximum Gasteiger partial charge on any atom is 0.228 e. The molecule has 4 heterocycles. The molecule has 0 spiro atoms. The fraction of sp³-hybridized carbons (Fsp3) is 0.278. The van der Waals surface area contributed by atoms with E-state index in [1.165, 1.54) is 0 Å². The van der Waals surface area contributed by atoms with Crippen LogP contribution in [0, 0.1) is 0 Å².